The molecule has 1 N–H and O–H groups in total. The molecule has 0 aliphatic carbocycles. The molecule has 1 fully saturated rings. The van der Waals surface area contributed by atoms with Crippen molar-refractivity contribution in [3.63, 3.8) is 0 Å². The average molecular weight is 474 g/mol. The van der Waals surface area contributed by atoms with E-state index in [0.29, 0.717) is 37.4 Å². The van der Waals surface area contributed by atoms with E-state index in [1.165, 1.54) is 19.2 Å². The van der Waals surface area contributed by atoms with Crippen molar-refractivity contribution in [1.82, 2.24) is 9.88 Å². The maximum atomic E-state index is 13.5. The van der Waals surface area contributed by atoms with Crippen LogP contribution in [0.1, 0.15) is 16.2 Å². The number of anilines is 2. The molecular formula is C23H21F3N4O4. The Bertz CT molecular complexity index is 1160. The van der Waals surface area contributed by atoms with Crippen LogP contribution in [0.5, 0.6) is 0 Å². The number of halogens is 3. The third kappa shape index (κ3) is 4.98. The average Bonchev–Trinajstić information content (AvgIpc) is 3.31. The zero-order chi connectivity index (χ0) is 24.3. The van der Waals surface area contributed by atoms with Crippen LogP contribution in [0.4, 0.5) is 29.3 Å². The van der Waals surface area contributed by atoms with E-state index in [2.05, 4.69) is 15.2 Å². The topological polar surface area (TPSA) is 87.9 Å². The summed E-state index contributed by atoms with van der Waals surface area (Å²) in [7, 11) is 1.33. The predicted octanol–water partition coefficient (Wildman–Crippen LogP) is 4.50. The van der Waals surface area contributed by atoms with E-state index < -0.39 is 23.5 Å². The Kier molecular flexibility index (Phi) is 6.44. The molecule has 3 aromatic rings. The first kappa shape index (κ1) is 23.1. The smallest absolute Gasteiger partial charge is 0.452 e. The zero-order valence-electron chi connectivity index (χ0n) is 18.1. The Morgan fingerprint density at radius 1 is 1.00 bits per heavy atom. The molecule has 1 saturated heterocycles. The Labute approximate surface area is 192 Å². The fourth-order valence-corrected chi connectivity index (χ4v) is 3.59. The number of piperazine rings is 1. The van der Waals surface area contributed by atoms with Crippen LogP contribution in [0.25, 0.3) is 11.5 Å². The highest BCUT2D eigenvalue weighted by Gasteiger charge is 2.42. The maximum Gasteiger partial charge on any atom is 0.452 e. The molecule has 4 rings (SSSR count). The summed E-state index contributed by atoms with van der Waals surface area (Å²) in [5.41, 5.74) is 0.642. The fourth-order valence-electron chi connectivity index (χ4n) is 3.59. The van der Waals surface area contributed by atoms with Crippen molar-refractivity contribution < 1.29 is 31.9 Å². The number of rotatable bonds is 4. The molecule has 0 spiro atoms. The van der Waals surface area contributed by atoms with Crippen molar-refractivity contribution in [2.45, 2.75) is 6.18 Å². The van der Waals surface area contributed by atoms with Crippen LogP contribution in [0.2, 0.25) is 0 Å². The molecular weight excluding hydrogens is 453 g/mol. The van der Waals surface area contributed by atoms with Crippen molar-refractivity contribution in [3.8, 4) is 11.5 Å². The van der Waals surface area contributed by atoms with Crippen LogP contribution in [0.15, 0.2) is 59.0 Å². The minimum Gasteiger partial charge on any atom is -0.453 e. The van der Waals surface area contributed by atoms with Crippen LogP contribution >= 0.6 is 0 Å². The highest BCUT2D eigenvalue weighted by Crippen LogP contribution is 2.35. The van der Waals surface area contributed by atoms with Crippen LogP contribution in [-0.4, -0.2) is 55.2 Å². The number of ether oxygens (including phenoxy) is 1. The van der Waals surface area contributed by atoms with Crippen molar-refractivity contribution in [1.29, 1.82) is 0 Å². The van der Waals surface area contributed by atoms with Gasteiger partial charge in [-0.15, -0.1) is 0 Å². The Morgan fingerprint density at radius 3 is 2.24 bits per heavy atom. The van der Waals surface area contributed by atoms with E-state index in [-0.39, 0.29) is 12.0 Å². The number of benzene rings is 2. The summed E-state index contributed by atoms with van der Waals surface area (Å²) < 4.78 is 50.1. The monoisotopic (exact) mass is 474 g/mol. The SMILES string of the molecule is COC(=O)N1CCN(c2ccc(NC(=O)c3nc(-c4ccccc4)oc3C(F)(F)F)cc2)CC1. The van der Waals surface area contributed by atoms with Gasteiger partial charge in [0, 0.05) is 43.1 Å². The molecule has 2 heterocycles. The second kappa shape index (κ2) is 9.46. The van der Waals surface area contributed by atoms with Gasteiger partial charge >= 0.3 is 12.3 Å². The molecule has 2 amide bonds. The van der Waals surface area contributed by atoms with Gasteiger partial charge in [0.15, 0.2) is 5.69 Å². The molecule has 1 aliphatic heterocycles. The molecule has 11 heteroatoms. The standard InChI is InChI=1S/C23H21F3N4O4/c1-33-22(32)30-13-11-29(12-14-30)17-9-7-16(8-10-17)27-20(31)18-19(23(24,25)26)34-21(28-18)15-5-3-2-4-6-15/h2-10H,11-14H2,1H3,(H,27,31). The van der Waals surface area contributed by atoms with Gasteiger partial charge in [-0.05, 0) is 36.4 Å². The molecule has 178 valence electrons. The minimum absolute atomic E-state index is 0.292. The second-order valence-electron chi connectivity index (χ2n) is 7.51. The van der Waals surface area contributed by atoms with Crippen molar-refractivity contribution >= 4 is 23.4 Å². The lowest BCUT2D eigenvalue weighted by Crippen LogP contribution is -2.48. The molecule has 0 atom stereocenters. The van der Waals surface area contributed by atoms with Gasteiger partial charge in [0.2, 0.25) is 11.7 Å². The number of aromatic nitrogens is 1. The number of hydrogen-bond acceptors (Lipinski definition) is 6. The molecule has 0 radical (unpaired) electrons. The van der Waals surface area contributed by atoms with E-state index in [0.717, 1.165) is 5.69 Å². The summed E-state index contributed by atoms with van der Waals surface area (Å²) in [6.45, 7) is 2.19. The van der Waals surface area contributed by atoms with Gasteiger partial charge in [0.25, 0.3) is 5.91 Å². The third-order valence-corrected chi connectivity index (χ3v) is 5.32. The highest BCUT2D eigenvalue weighted by atomic mass is 19.4. The normalized spacial score (nSPS) is 14.1. The molecule has 0 bridgehead atoms. The Balaban J connectivity index is 1.47. The first-order valence-corrected chi connectivity index (χ1v) is 10.4. The number of hydrogen-bond donors (Lipinski definition) is 1. The summed E-state index contributed by atoms with van der Waals surface area (Å²) in [5.74, 6) is -2.78. The van der Waals surface area contributed by atoms with Crippen LogP contribution in [0.3, 0.4) is 0 Å². The molecule has 34 heavy (non-hydrogen) atoms. The van der Waals surface area contributed by atoms with E-state index in [1.807, 2.05) is 0 Å². The molecule has 2 aromatic carbocycles. The second-order valence-corrected chi connectivity index (χ2v) is 7.51. The van der Waals surface area contributed by atoms with E-state index in [9.17, 15) is 22.8 Å². The van der Waals surface area contributed by atoms with Gasteiger partial charge in [0.1, 0.15) is 0 Å². The number of nitrogens with one attached hydrogen (secondary N) is 1. The minimum atomic E-state index is -4.89. The zero-order valence-corrected chi connectivity index (χ0v) is 18.1. The summed E-state index contributed by atoms with van der Waals surface area (Å²) >= 11 is 0. The predicted molar refractivity (Wildman–Crippen MR) is 118 cm³/mol. The van der Waals surface area contributed by atoms with Crippen LogP contribution in [-0.2, 0) is 10.9 Å². The van der Waals surface area contributed by atoms with Gasteiger partial charge in [-0.1, -0.05) is 18.2 Å². The molecule has 1 aliphatic rings. The Hall–Kier alpha value is -4.02. The molecule has 1 aromatic heterocycles. The summed E-state index contributed by atoms with van der Waals surface area (Å²) in [6, 6.07) is 14.7. The van der Waals surface area contributed by atoms with Gasteiger partial charge < -0.3 is 24.3 Å². The van der Waals surface area contributed by atoms with Crippen LogP contribution < -0.4 is 10.2 Å². The Morgan fingerprint density at radius 2 is 1.65 bits per heavy atom. The summed E-state index contributed by atoms with van der Waals surface area (Å²) in [5, 5.41) is 2.45. The van der Waals surface area contributed by atoms with Crippen molar-refractivity contribution in [2.75, 3.05) is 43.5 Å². The first-order chi connectivity index (χ1) is 16.3. The number of nitrogens with zero attached hydrogens (tertiary/aromatic N) is 3. The van der Waals surface area contributed by atoms with Gasteiger partial charge in [-0.3, -0.25) is 4.79 Å². The lowest BCUT2D eigenvalue weighted by molar-refractivity contribution is -0.153. The van der Waals surface area contributed by atoms with Crippen LogP contribution in [0, 0.1) is 0 Å². The largest absolute Gasteiger partial charge is 0.453 e. The van der Waals surface area contributed by atoms with E-state index in [4.69, 9.17) is 9.15 Å². The van der Waals surface area contributed by atoms with Gasteiger partial charge in [-0.2, -0.15) is 13.2 Å². The number of carbonyl (C=O) groups excluding carboxylic acids is 2. The number of carbonyl (C=O) groups is 2. The molecule has 0 saturated carbocycles. The quantitative estimate of drug-likeness (QED) is 0.599. The number of alkyl halides is 3. The maximum absolute atomic E-state index is 13.5. The highest BCUT2D eigenvalue weighted by molar-refractivity contribution is 6.04. The van der Waals surface area contributed by atoms with E-state index >= 15 is 0 Å². The van der Waals surface area contributed by atoms with Gasteiger partial charge in [0.05, 0.1) is 7.11 Å². The van der Waals surface area contributed by atoms with Crippen molar-refractivity contribution in [3.05, 3.63) is 66.1 Å². The molecule has 0 unspecified atom stereocenters. The number of methoxy groups -OCH3 is 1. The summed E-state index contributed by atoms with van der Waals surface area (Å²) in [4.78, 5) is 31.7. The lowest BCUT2D eigenvalue weighted by Gasteiger charge is -2.35. The third-order valence-electron chi connectivity index (χ3n) is 5.32. The van der Waals surface area contributed by atoms with Crippen molar-refractivity contribution in [2.24, 2.45) is 0 Å². The van der Waals surface area contributed by atoms with Gasteiger partial charge in [-0.25, -0.2) is 9.78 Å². The lowest BCUT2D eigenvalue weighted by atomic mass is 10.2. The molecule has 8 nitrogen and oxygen atoms in total. The first-order valence-electron chi connectivity index (χ1n) is 10.4. The van der Waals surface area contributed by atoms with E-state index in [1.54, 1.807) is 47.4 Å². The number of amides is 2. The number of oxazole rings is 1. The summed E-state index contributed by atoms with van der Waals surface area (Å²) in [6.07, 6.45) is -5.26. The fraction of sp³-hybridized carbons (Fsp3) is 0.261.